The van der Waals surface area contributed by atoms with Crippen molar-refractivity contribution in [2.24, 2.45) is 0 Å². The third-order valence-corrected chi connectivity index (χ3v) is 4.59. The zero-order valence-electron chi connectivity index (χ0n) is 11.4. The molecule has 0 saturated carbocycles. The fourth-order valence-corrected chi connectivity index (χ4v) is 3.47. The number of hydrogen-bond acceptors (Lipinski definition) is 2. The molecule has 0 aliphatic carbocycles. The van der Waals surface area contributed by atoms with Crippen LogP contribution in [0.25, 0.3) is 0 Å². The molecule has 18 heavy (non-hydrogen) atoms. The Hall–Kier alpha value is -0.860. The Morgan fingerprint density at radius 2 is 1.78 bits per heavy atom. The number of nitrogens with one attached hydrogen (secondary N) is 1. The van der Waals surface area contributed by atoms with Crippen LogP contribution in [0, 0.1) is 0 Å². The first-order valence-corrected chi connectivity index (χ1v) is 7.35. The van der Waals surface area contributed by atoms with Gasteiger partial charge in [0.1, 0.15) is 0 Å². The number of benzene rings is 1. The van der Waals surface area contributed by atoms with Gasteiger partial charge in [-0.2, -0.15) is 0 Å². The average molecular weight is 244 g/mol. The topological polar surface area (TPSA) is 15.3 Å². The lowest BCUT2D eigenvalue weighted by atomic mass is 9.84. The monoisotopic (exact) mass is 244 g/mol. The van der Waals surface area contributed by atoms with Crippen molar-refractivity contribution in [1.29, 1.82) is 0 Å². The van der Waals surface area contributed by atoms with Gasteiger partial charge in [0, 0.05) is 6.04 Å². The Kier molecular flexibility index (Phi) is 3.67. The minimum absolute atomic E-state index is 0.612. The molecule has 2 nitrogen and oxygen atoms in total. The lowest BCUT2D eigenvalue weighted by Crippen LogP contribution is -2.30. The first-order valence-electron chi connectivity index (χ1n) is 7.35. The summed E-state index contributed by atoms with van der Waals surface area (Å²) in [6.45, 7) is 3.68. The number of piperidine rings is 1. The largest absolute Gasteiger partial charge is 0.310 e. The molecule has 1 aromatic rings. The van der Waals surface area contributed by atoms with Gasteiger partial charge in [-0.1, -0.05) is 24.3 Å². The van der Waals surface area contributed by atoms with E-state index in [1.807, 2.05) is 0 Å². The molecule has 1 aromatic carbocycles. The van der Waals surface area contributed by atoms with Gasteiger partial charge in [0.25, 0.3) is 0 Å². The van der Waals surface area contributed by atoms with Gasteiger partial charge in [-0.25, -0.2) is 0 Å². The minimum Gasteiger partial charge on any atom is -0.310 e. The van der Waals surface area contributed by atoms with Gasteiger partial charge < -0.3 is 10.2 Å². The fraction of sp³-hybridized carbons (Fsp3) is 0.625. The summed E-state index contributed by atoms with van der Waals surface area (Å²) in [5, 5.41) is 3.65. The minimum atomic E-state index is 0.612. The SMILES string of the molecule is CN1CCC(c2ccccc2[C@H]2CCCN2)CC1. The van der Waals surface area contributed by atoms with Gasteiger partial charge in [-0.15, -0.1) is 0 Å². The van der Waals surface area contributed by atoms with Crippen LogP contribution in [0.2, 0.25) is 0 Å². The van der Waals surface area contributed by atoms with Crippen molar-refractivity contribution < 1.29 is 0 Å². The Bertz CT molecular complexity index is 388. The van der Waals surface area contributed by atoms with E-state index < -0.39 is 0 Å². The van der Waals surface area contributed by atoms with Crippen LogP contribution < -0.4 is 5.32 Å². The van der Waals surface area contributed by atoms with E-state index in [4.69, 9.17) is 0 Å². The Labute approximate surface area is 110 Å². The molecule has 98 valence electrons. The Morgan fingerprint density at radius 1 is 1.06 bits per heavy atom. The van der Waals surface area contributed by atoms with Crippen molar-refractivity contribution >= 4 is 0 Å². The highest BCUT2D eigenvalue weighted by molar-refractivity contribution is 5.34. The van der Waals surface area contributed by atoms with Crippen LogP contribution in [0.5, 0.6) is 0 Å². The molecule has 2 fully saturated rings. The van der Waals surface area contributed by atoms with Crippen LogP contribution in [0.3, 0.4) is 0 Å². The van der Waals surface area contributed by atoms with Gasteiger partial charge >= 0.3 is 0 Å². The van der Waals surface area contributed by atoms with Crippen LogP contribution in [0.4, 0.5) is 0 Å². The van der Waals surface area contributed by atoms with E-state index >= 15 is 0 Å². The molecule has 0 spiro atoms. The number of hydrogen-bond donors (Lipinski definition) is 1. The number of likely N-dealkylation sites (tertiary alicyclic amines) is 1. The van der Waals surface area contributed by atoms with Crippen molar-refractivity contribution in [3.8, 4) is 0 Å². The van der Waals surface area contributed by atoms with Gasteiger partial charge in [0.2, 0.25) is 0 Å². The molecule has 0 radical (unpaired) electrons. The lowest BCUT2D eigenvalue weighted by Gasteiger charge is -2.31. The summed E-state index contributed by atoms with van der Waals surface area (Å²) in [4.78, 5) is 2.45. The summed E-state index contributed by atoms with van der Waals surface area (Å²) >= 11 is 0. The molecule has 0 amide bonds. The highest BCUT2D eigenvalue weighted by Gasteiger charge is 2.24. The van der Waals surface area contributed by atoms with Gasteiger partial charge in [0.15, 0.2) is 0 Å². The second-order valence-electron chi connectivity index (χ2n) is 5.86. The van der Waals surface area contributed by atoms with Crippen LogP contribution in [-0.2, 0) is 0 Å². The van der Waals surface area contributed by atoms with Crippen LogP contribution in [0.1, 0.15) is 48.8 Å². The lowest BCUT2D eigenvalue weighted by molar-refractivity contribution is 0.254. The van der Waals surface area contributed by atoms with Crippen LogP contribution in [0.15, 0.2) is 24.3 Å². The second-order valence-corrected chi connectivity index (χ2v) is 5.86. The summed E-state index contributed by atoms with van der Waals surface area (Å²) in [7, 11) is 2.24. The highest BCUT2D eigenvalue weighted by Crippen LogP contribution is 2.34. The van der Waals surface area contributed by atoms with Gasteiger partial charge in [-0.05, 0) is 69.4 Å². The quantitative estimate of drug-likeness (QED) is 0.860. The molecule has 2 heterocycles. The maximum Gasteiger partial charge on any atom is 0.0323 e. The molecule has 2 heteroatoms. The van der Waals surface area contributed by atoms with Gasteiger partial charge in [0.05, 0.1) is 0 Å². The standard InChI is InChI=1S/C16H24N2/c1-18-11-8-13(9-12-18)14-5-2-3-6-15(14)16-7-4-10-17-16/h2-3,5-6,13,16-17H,4,7-12H2,1H3/t16-/m1/s1. The molecule has 2 saturated heterocycles. The zero-order valence-corrected chi connectivity index (χ0v) is 11.4. The molecule has 3 rings (SSSR count). The first kappa shape index (κ1) is 12.2. The molecule has 2 aliphatic rings. The van der Waals surface area contributed by atoms with Crippen LogP contribution >= 0.6 is 0 Å². The molecule has 1 atom stereocenters. The number of nitrogens with zero attached hydrogens (tertiary/aromatic N) is 1. The van der Waals surface area contributed by atoms with Gasteiger partial charge in [-0.3, -0.25) is 0 Å². The summed E-state index contributed by atoms with van der Waals surface area (Å²) < 4.78 is 0. The van der Waals surface area contributed by atoms with Crippen molar-refractivity contribution in [2.45, 2.75) is 37.6 Å². The number of rotatable bonds is 2. The van der Waals surface area contributed by atoms with E-state index in [0.29, 0.717) is 6.04 Å². The van der Waals surface area contributed by atoms with Crippen molar-refractivity contribution in [1.82, 2.24) is 10.2 Å². The van der Waals surface area contributed by atoms with Crippen molar-refractivity contribution in [3.63, 3.8) is 0 Å². The molecule has 1 N–H and O–H groups in total. The van der Waals surface area contributed by atoms with E-state index in [2.05, 4.69) is 41.5 Å². The Morgan fingerprint density at radius 3 is 2.44 bits per heavy atom. The van der Waals surface area contributed by atoms with Crippen LogP contribution in [-0.4, -0.2) is 31.6 Å². The predicted octanol–water partition coefficient (Wildman–Crippen LogP) is 2.92. The Balaban J connectivity index is 1.82. The third kappa shape index (κ3) is 2.45. The zero-order chi connectivity index (χ0) is 12.4. The van der Waals surface area contributed by atoms with E-state index in [1.54, 1.807) is 11.1 Å². The second kappa shape index (κ2) is 5.41. The fourth-order valence-electron chi connectivity index (χ4n) is 3.47. The highest BCUT2D eigenvalue weighted by atomic mass is 15.1. The van der Waals surface area contributed by atoms with E-state index in [9.17, 15) is 0 Å². The summed E-state index contributed by atoms with van der Waals surface area (Å²) in [5.41, 5.74) is 3.19. The first-order chi connectivity index (χ1) is 8.84. The average Bonchev–Trinajstić information content (AvgIpc) is 2.93. The molecule has 0 unspecified atom stereocenters. The molecule has 2 aliphatic heterocycles. The molecule has 0 aromatic heterocycles. The van der Waals surface area contributed by atoms with Crippen molar-refractivity contribution in [2.75, 3.05) is 26.7 Å². The molecular formula is C16H24N2. The molecular weight excluding hydrogens is 220 g/mol. The predicted molar refractivity (Wildman–Crippen MR) is 75.9 cm³/mol. The smallest absolute Gasteiger partial charge is 0.0323 e. The third-order valence-electron chi connectivity index (χ3n) is 4.59. The summed E-state index contributed by atoms with van der Waals surface area (Å²) in [6.07, 6.45) is 5.27. The van der Waals surface area contributed by atoms with Crippen molar-refractivity contribution in [3.05, 3.63) is 35.4 Å². The molecule has 0 bridgehead atoms. The van der Waals surface area contributed by atoms with E-state index in [0.717, 1.165) is 5.92 Å². The maximum atomic E-state index is 3.65. The summed E-state index contributed by atoms with van der Waals surface area (Å²) in [6, 6.07) is 9.74. The summed E-state index contributed by atoms with van der Waals surface area (Å²) in [5.74, 6) is 0.778. The normalized spacial score (nSPS) is 26.6. The van der Waals surface area contributed by atoms with E-state index in [-0.39, 0.29) is 0 Å². The maximum absolute atomic E-state index is 3.65. The van der Waals surface area contributed by atoms with E-state index in [1.165, 1.54) is 45.3 Å².